The normalized spacial score (nSPS) is 15.1. The number of nitrogens with zero attached hydrogens (tertiary/aromatic N) is 1. The zero-order valence-electron chi connectivity index (χ0n) is 12.0. The van der Waals surface area contributed by atoms with Crippen molar-refractivity contribution in [1.82, 2.24) is 4.90 Å². The molecule has 1 aliphatic rings. The first-order valence-electron chi connectivity index (χ1n) is 6.72. The van der Waals surface area contributed by atoms with Gasteiger partial charge in [-0.25, -0.2) is 17.6 Å². The largest absolute Gasteiger partial charge is 0.488 e. The molecule has 0 bridgehead atoms. The molecule has 0 aliphatic carbocycles. The molecule has 1 aromatic carbocycles. The van der Waals surface area contributed by atoms with Crippen molar-refractivity contribution in [3.63, 3.8) is 0 Å². The van der Waals surface area contributed by atoms with Crippen molar-refractivity contribution in [3.8, 4) is 5.75 Å². The van der Waals surface area contributed by atoms with Crippen LogP contribution < -0.4 is 4.74 Å². The summed E-state index contributed by atoms with van der Waals surface area (Å²) in [5.41, 5.74) is 1.76. The third kappa shape index (κ3) is 4.73. The van der Waals surface area contributed by atoms with Crippen LogP contribution >= 0.6 is 22.6 Å². The molecule has 0 unspecified atom stereocenters. The van der Waals surface area contributed by atoms with Gasteiger partial charge in [-0.1, -0.05) is 6.58 Å². The first kappa shape index (κ1) is 17.8. The fourth-order valence-corrected chi connectivity index (χ4v) is 2.56. The Balaban J connectivity index is 2.22. The van der Waals surface area contributed by atoms with Crippen molar-refractivity contribution in [1.29, 1.82) is 0 Å². The van der Waals surface area contributed by atoms with E-state index in [1.165, 1.54) is 17.0 Å². The van der Waals surface area contributed by atoms with Crippen LogP contribution in [0.15, 0.2) is 52.3 Å². The molecule has 0 amide bonds. The predicted octanol–water partition coefficient (Wildman–Crippen LogP) is 5.08. The van der Waals surface area contributed by atoms with Crippen LogP contribution in [0.3, 0.4) is 0 Å². The zero-order valence-corrected chi connectivity index (χ0v) is 14.1. The molecule has 0 N–H and O–H groups in total. The lowest BCUT2D eigenvalue weighted by atomic mass is 10.1. The molecule has 0 radical (unpaired) electrons. The molecular weight excluding hydrogens is 425 g/mol. The Morgan fingerprint density at radius 3 is 2.26 bits per heavy atom. The Morgan fingerprint density at radius 2 is 1.70 bits per heavy atom. The second kappa shape index (κ2) is 7.85. The maximum absolute atomic E-state index is 12.8. The molecule has 0 aromatic heterocycles. The molecule has 0 atom stereocenters. The maximum Gasteiger partial charge on any atom is 0.272 e. The van der Waals surface area contributed by atoms with Gasteiger partial charge >= 0.3 is 0 Å². The van der Waals surface area contributed by atoms with E-state index in [-0.39, 0.29) is 0 Å². The fourth-order valence-electron chi connectivity index (χ4n) is 2.09. The van der Waals surface area contributed by atoms with E-state index in [4.69, 9.17) is 4.74 Å². The summed E-state index contributed by atoms with van der Waals surface area (Å²) in [7, 11) is 0. The molecule has 23 heavy (non-hydrogen) atoms. The van der Waals surface area contributed by atoms with Crippen LogP contribution in [0, 0.1) is 0 Å². The van der Waals surface area contributed by atoms with E-state index in [2.05, 4.69) is 6.58 Å². The van der Waals surface area contributed by atoms with Crippen molar-refractivity contribution in [2.45, 2.75) is 12.9 Å². The minimum Gasteiger partial charge on any atom is -0.488 e. The van der Waals surface area contributed by atoms with Gasteiger partial charge in [0.2, 0.25) is 0 Å². The molecule has 1 aromatic rings. The third-order valence-corrected chi connectivity index (χ3v) is 4.11. The summed E-state index contributed by atoms with van der Waals surface area (Å²) in [5.74, 6) is 0.301. The van der Waals surface area contributed by atoms with Crippen molar-refractivity contribution in [3.05, 3.63) is 57.8 Å². The Labute approximate surface area is 145 Å². The minimum atomic E-state index is -2.55. The summed E-state index contributed by atoms with van der Waals surface area (Å²) >= 11 is 2.04. The lowest BCUT2D eigenvalue weighted by Gasteiger charge is -2.31. The summed E-state index contributed by atoms with van der Waals surface area (Å²) in [6, 6.07) is 6.35. The molecule has 0 saturated carbocycles. The van der Waals surface area contributed by atoms with E-state index in [0.717, 1.165) is 3.58 Å². The van der Waals surface area contributed by atoms with Gasteiger partial charge < -0.3 is 9.64 Å². The smallest absolute Gasteiger partial charge is 0.272 e. The quantitative estimate of drug-likeness (QED) is 0.453. The second-order valence-corrected chi connectivity index (χ2v) is 5.90. The molecule has 7 heteroatoms. The third-order valence-electron chi connectivity index (χ3n) is 3.13. The molecule has 0 fully saturated rings. The molecular formula is C16H14F4INO. The SMILES string of the molecule is C=C1C(I)=CC=C(c2ccc(OCC(F)F)cc2)N1CC(F)F. The fraction of sp³-hybridized carbons (Fsp3) is 0.250. The van der Waals surface area contributed by atoms with E-state index in [1.54, 1.807) is 24.3 Å². The van der Waals surface area contributed by atoms with Crippen LogP contribution in [0.25, 0.3) is 5.70 Å². The minimum absolute atomic E-state index is 0.301. The van der Waals surface area contributed by atoms with Gasteiger partial charge in [0.1, 0.15) is 12.4 Å². The van der Waals surface area contributed by atoms with Gasteiger partial charge in [0.25, 0.3) is 12.9 Å². The Bertz CT molecular complexity index is 625. The molecule has 124 valence electrons. The molecule has 2 nitrogen and oxygen atoms in total. The van der Waals surface area contributed by atoms with Gasteiger partial charge in [-0.05, 0) is 64.6 Å². The van der Waals surface area contributed by atoms with Crippen molar-refractivity contribution in [2.24, 2.45) is 0 Å². The van der Waals surface area contributed by atoms with E-state index in [9.17, 15) is 17.6 Å². The number of benzene rings is 1. The molecule has 0 spiro atoms. The second-order valence-electron chi connectivity index (χ2n) is 4.74. The lowest BCUT2D eigenvalue weighted by molar-refractivity contribution is 0.0819. The van der Waals surface area contributed by atoms with Crippen LogP contribution in [0.4, 0.5) is 17.6 Å². The highest BCUT2D eigenvalue weighted by Crippen LogP contribution is 2.34. The highest BCUT2D eigenvalue weighted by atomic mass is 127. The summed E-state index contributed by atoms with van der Waals surface area (Å²) < 4.78 is 55.6. The van der Waals surface area contributed by atoms with Crippen molar-refractivity contribution < 1.29 is 22.3 Å². The van der Waals surface area contributed by atoms with E-state index in [1.807, 2.05) is 22.6 Å². The number of halogens is 5. The summed E-state index contributed by atoms with van der Waals surface area (Å²) in [4.78, 5) is 1.45. The maximum atomic E-state index is 12.8. The summed E-state index contributed by atoms with van der Waals surface area (Å²) in [6.07, 6.45) is -1.53. The van der Waals surface area contributed by atoms with E-state index >= 15 is 0 Å². The number of hydrogen-bond acceptors (Lipinski definition) is 2. The van der Waals surface area contributed by atoms with Crippen molar-refractivity contribution >= 4 is 28.3 Å². The monoisotopic (exact) mass is 439 g/mol. The molecule has 1 aliphatic heterocycles. The standard InChI is InChI=1S/C16H14F4INO/c1-10-13(21)6-7-14(22(10)8-15(17)18)11-2-4-12(5-3-11)23-9-16(19)20/h2-7,15-16H,1,8-9H2. The van der Waals surface area contributed by atoms with Gasteiger partial charge in [-0.15, -0.1) is 0 Å². The van der Waals surface area contributed by atoms with Crippen LogP contribution in [0.1, 0.15) is 5.56 Å². The Hall–Kier alpha value is -1.51. The average molecular weight is 439 g/mol. The molecule has 1 heterocycles. The van der Waals surface area contributed by atoms with Gasteiger partial charge in [-0.2, -0.15) is 0 Å². The van der Waals surface area contributed by atoms with Crippen LogP contribution in [-0.2, 0) is 0 Å². The highest BCUT2D eigenvalue weighted by Gasteiger charge is 2.23. The van der Waals surface area contributed by atoms with Crippen LogP contribution in [-0.4, -0.2) is 30.9 Å². The van der Waals surface area contributed by atoms with Crippen LogP contribution in [0.5, 0.6) is 5.75 Å². The highest BCUT2D eigenvalue weighted by molar-refractivity contribution is 14.1. The average Bonchev–Trinajstić information content (AvgIpc) is 2.50. The number of allylic oxidation sites excluding steroid dienone is 3. The van der Waals surface area contributed by atoms with E-state index < -0.39 is 26.0 Å². The molecule has 2 rings (SSSR count). The van der Waals surface area contributed by atoms with Gasteiger partial charge in [-0.3, -0.25) is 0 Å². The zero-order chi connectivity index (χ0) is 17.0. The number of ether oxygens (including phenoxy) is 1. The summed E-state index contributed by atoms with van der Waals surface area (Å²) in [5, 5.41) is 0. The van der Waals surface area contributed by atoms with Gasteiger partial charge in [0, 0.05) is 15.0 Å². The Morgan fingerprint density at radius 1 is 1.04 bits per heavy atom. The predicted molar refractivity (Wildman–Crippen MR) is 89.9 cm³/mol. The topological polar surface area (TPSA) is 12.5 Å². The lowest BCUT2D eigenvalue weighted by Crippen LogP contribution is -2.28. The number of rotatable bonds is 6. The molecule has 0 saturated heterocycles. The van der Waals surface area contributed by atoms with Crippen molar-refractivity contribution in [2.75, 3.05) is 13.2 Å². The van der Waals surface area contributed by atoms with E-state index in [0.29, 0.717) is 22.7 Å². The van der Waals surface area contributed by atoms with Gasteiger partial charge in [0.15, 0.2) is 0 Å². The summed E-state index contributed by atoms with van der Waals surface area (Å²) in [6.45, 7) is 2.69. The first-order valence-corrected chi connectivity index (χ1v) is 7.80. The number of alkyl halides is 4. The van der Waals surface area contributed by atoms with Gasteiger partial charge in [0.05, 0.1) is 6.54 Å². The number of hydrogen-bond donors (Lipinski definition) is 0. The first-order chi connectivity index (χ1) is 10.9. The Kier molecular flexibility index (Phi) is 6.09. The van der Waals surface area contributed by atoms with Crippen LogP contribution in [0.2, 0.25) is 0 Å².